The van der Waals surface area contributed by atoms with Crippen molar-refractivity contribution < 1.29 is 0 Å². The maximum atomic E-state index is 3.85. The van der Waals surface area contributed by atoms with Gasteiger partial charge >= 0.3 is 0 Å². The van der Waals surface area contributed by atoms with Crippen LogP contribution in [0.2, 0.25) is 0 Å². The molecule has 0 amide bonds. The molecular formula is C17H27N. The van der Waals surface area contributed by atoms with Crippen molar-refractivity contribution in [2.24, 2.45) is 11.8 Å². The molecule has 3 atom stereocenters. The van der Waals surface area contributed by atoms with E-state index in [0.29, 0.717) is 12.1 Å². The SMILES string of the molecule is Cc1ccc([C@H](C)NC2C(C)CCCC2C)cc1. The summed E-state index contributed by atoms with van der Waals surface area (Å²) in [5, 5.41) is 3.85. The zero-order chi connectivity index (χ0) is 13.1. The number of nitrogens with one attached hydrogen (secondary N) is 1. The summed E-state index contributed by atoms with van der Waals surface area (Å²) in [6.45, 7) is 9.23. The zero-order valence-corrected chi connectivity index (χ0v) is 12.2. The van der Waals surface area contributed by atoms with E-state index in [4.69, 9.17) is 0 Å². The summed E-state index contributed by atoms with van der Waals surface area (Å²) in [4.78, 5) is 0. The molecule has 0 radical (unpaired) electrons. The van der Waals surface area contributed by atoms with Crippen LogP contribution in [-0.4, -0.2) is 6.04 Å². The topological polar surface area (TPSA) is 12.0 Å². The van der Waals surface area contributed by atoms with Gasteiger partial charge in [0, 0.05) is 12.1 Å². The zero-order valence-electron chi connectivity index (χ0n) is 12.2. The van der Waals surface area contributed by atoms with Gasteiger partial charge in [0.05, 0.1) is 0 Å². The van der Waals surface area contributed by atoms with E-state index >= 15 is 0 Å². The molecule has 1 aromatic rings. The average molecular weight is 245 g/mol. The van der Waals surface area contributed by atoms with Crippen LogP contribution in [0.1, 0.15) is 57.2 Å². The van der Waals surface area contributed by atoms with Crippen molar-refractivity contribution in [3.8, 4) is 0 Å². The normalized spacial score (nSPS) is 30.1. The van der Waals surface area contributed by atoms with Gasteiger partial charge in [0.15, 0.2) is 0 Å². The minimum absolute atomic E-state index is 0.457. The van der Waals surface area contributed by atoms with E-state index in [2.05, 4.69) is 57.3 Å². The summed E-state index contributed by atoms with van der Waals surface area (Å²) in [5.74, 6) is 1.61. The summed E-state index contributed by atoms with van der Waals surface area (Å²) in [5.41, 5.74) is 2.75. The van der Waals surface area contributed by atoms with E-state index in [1.165, 1.54) is 30.4 Å². The van der Waals surface area contributed by atoms with E-state index in [0.717, 1.165) is 11.8 Å². The van der Waals surface area contributed by atoms with E-state index in [1.807, 2.05) is 0 Å². The molecule has 1 aliphatic rings. The molecule has 0 spiro atoms. The molecule has 1 N–H and O–H groups in total. The van der Waals surface area contributed by atoms with Crippen LogP contribution in [-0.2, 0) is 0 Å². The highest BCUT2D eigenvalue weighted by molar-refractivity contribution is 5.23. The molecule has 2 rings (SSSR count). The fourth-order valence-corrected chi connectivity index (χ4v) is 3.25. The van der Waals surface area contributed by atoms with Crippen molar-refractivity contribution in [1.82, 2.24) is 5.32 Å². The van der Waals surface area contributed by atoms with Crippen LogP contribution in [0, 0.1) is 18.8 Å². The first-order valence-corrected chi connectivity index (χ1v) is 7.40. The second-order valence-corrected chi connectivity index (χ2v) is 6.21. The Kier molecular flexibility index (Phi) is 4.45. The molecule has 0 saturated heterocycles. The largest absolute Gasteiger partial charge is 0.307 e. The monoisotopic (exact) mass is 245 g/mol. The first kappa shape index (κ1) is 13.6. The second-order valence-electron chi connectivity index (χ2n) is 6.21. The molecule has 0 aliphatic heterocycles. The number of rotatable bonds is 3. The molecule has 18 heavy (non-hydrogen) atoms. The average Bonchev–Trinajstić information content (AvgIpc) is 2.34. The quantitative estimate of drug-likeness (QED) is 0.828. The Labute approximate surface area is 112 Å². The molecule has 0 heterocycles. The number of benzene rings is 1. The molecule has 2 unspecified atom stereocenters. The van der Waals surface area contributed by atoms with Gasteiger partial charge in [-0.3, -0.25) is 0 Å². The summed E-state index contributed by atoms with van der Waals surface area (Å²) < 4.78 is 0. The predicted octanol–water partition coefficient (Wildman–Crippen LogP) is 4.47. The molecule has 1 fully saturated rings. The van der Waals surface area contributed by atoms with Crippen LogP contribution < -0.4 is 5.32 Å². The number of hydrogen-bond acceptors (Lipinski definition) is 1. The van der Waals surface area contributed by atoms with Crippen LogP contribution in [0.25, 0.3) is 0 Å². The lowest BCUT2D eigenvalue weighted by atomic mass is 9.78. The fourth-order valence-electron chi connectivity index (χ4n) is 3.25. The Balaban J connectivity index is 2.01. The van der Waals surface area contributed by atoms with Gasteiger partial charge in [-0.15, -0.1) is 0 Å². The second kappa shape index (κ2) is 5.88. The van der Waals surface area contributed by atoms with Crippen molar-refractivity contribution in [2.45, 2.75) is 59.0 Å². The lowest BCUT2D eigenvalue weighted by Crippen LogP contribution is -2.43. The third-order valence-electron chi connectivity index (χ3n) is 4.56. The molecule has 0 bridgehead atoms. The third-order valence-corrected chi connectivity index (χ3v) is 4.56. The Morgan fingerprint density at radius 3 is 2.17 bits per heavy atom. The van der Waals surface area contributed by atoms with E-state index in [1.54, 1.807) is 0 Å². The van der Waals surface area contributed by atoms with Gasteiger partial charge in [0.2, 0.25) is 0 Å². The molecular weight excluding hydrogens is 218 g/mol. The highest BCUT2D eigenvalue weighted by Gasteiger charge is 2.28. The first-order valence-electron chi connectivity index (χ1n) is 7.40. The molecule has 1 nitrogen and oxygen atoms in total. The Hall–Kier alpha value is -0.820. The molecule has 0 aromatic heterocycles. The summed E-state index contributed by atoms with van der Waals surface area (Å²) in [6, 6.07) is 10.1. The maximum absolute atomic E-state index is 3.85. The van der Waals surface area contributed by atoms with Crippen molar-refractivity contribution in [2.75, 3.05) is 0 Å². The van der Waals surface area contributed by atoms with Crippen molar-refractivity contribution in [3.63, 3.8) is 0 Å². The fraction of sp³-hybridized carbons (Fsp3) is 0.647. The van der Waals surface area contributed by atoms with Crippen molar-refractivity contribution in [1.29, 1.82) is 0 Å². The van der Waals surface area contributed by atoms with E-state index in [-0.39, 0.29) is 0 Å². The first-order chi connectivity index (χ1) is 8.58. The molecule has 1 aliphatic carbocycles. The summed E-state index contributed by atoms with van der Waals surface area (Å²) in [6.07, 6.45) is 4.16. The Morgan fingerprint density at radius 2 is 1.61 bits per heavy atom. The maximum Gasteiger partial charge on any atom is 0.0294 e. The lowest BCUT2D eigenvalue weighted by Gasteiger charge is -2.37. The van der Waals surface area contributed by atoms with Gasteiger partial charge in [-0.2, -0.15) is 0 Å². The van der Waals surface area contributed by atoms with Gasteiger partial charge in [0.1, 0.15) is 0 Å². The summed E-state index contributed by atoms with van der Waals surface area (Å²) >= 11 is 0. The van der Waals surface area contributed by atoms with Crippen LogP contribution in [0.4, 0.5) is 0 Å². The molecule has 100 valence electrons. The highest BCUT2D eigenvalue weighted by Crippen LogP contribution is 2.30. The summed E-state index contributed by atoms with van der Waals surface area (Å²) in [7, 11) is 0. The van der Waals surface area contributed by atoms with Gasteiger partial charge in [-0.25, -0.2) is 0 Å². The van der Waals surface area contributed by atoms with Crippen LogP contribution in [0.5, 0.6) is 0 Å². The highest BCUT2D eigenvalue weighted by atomic mass is 15.0. The van der Waals surface area contributed by atoms with E-state index in [9.17, 15) is 0 Å². The van der Waals surface area contributed by atoms with E-state index < -0.39 is 0 Å². The minimum Gasteiger partial charge on any atom is -0.307 e. The minimum atomic E-state index is 0.457. The number of aryl methyl sites for hydroxylation is 1. The van der Waals surface area contributed by atoms with Crippen molar-refractivity contribution >= 4 is 0 Å². The number of hydrogen-bond donors (Lipinski definition) is 1. The van der Waals surface area contributed by atoms with Crippen molar-refractivity contribution in [3.05, 3.63) is 35.4 Å². The van der Waals surface area contributed by atoms with Crippen LogP contribution >= 0.6 is 0 Å². The molecule has 1 saturated carbocycles. The smallest absolute Gasteiger partial charge is 0.0294 e. The Bertz CT molecular complexity index is 358. The Morgan fingerprint density at radius 1 is 1.06 bits per heavy atom. The van der Waals surface area contributed by atoms with Crippen LogP contribution in [0.15, 0.2) is 24.3 Å². The van der Waals surface area contributed by atoms with Gasteiger partial charge in [-0.1, -0.05) is 50.1 Å². The molecule has 1 aromatic carbocycles. The molecule has 1 heteroatoms. The third kappa shape index (κ3) is 3.14. The van der Waals surface area contributed by atoms with Gasteiger partial charge in [0.25, 0.3) is 0 Å². The van der Waals surface area contributed by atoms with Gasteiger partial charge < -0.3 is 5.32 Å². The van der Waals surface area contributed by atoms with Crippen LogP contribution in [0.3, 0.4) is 0 Å². The predicted molar refractivity (Wildman–Crippen MR) is 78.7 cm³/mol. The van der Waals surface area contributed by atoms with Gasteiger partial charge in [-0.05, 0) is 44.1 Å². The standard InChI is InChI=1S/C17H27N/c1-12-8-10-16(11-9-12)15(4)18-17-13(2)6-5-7-14(17)3/h8-11,13-15,17-18H,5-7H2,1-4H3/t13?,14?,15-,17?/m0/s1. The lowest BCUT2D eigenvalue weighted by molar-refractivity contribution is 0.196.